The summed E-state index contributed by atoms with van der Waals surface area (Å²) in [5, 5.41) is 11.6. The lowest BCUT2D eigenvalue weighted by Gasteiger charge is -2.12. The molecule has 0 unspecified atom stereocenters. The fourth-order valence-electron chi connectivity index (χ4n) is 2.85. The third-order valence-corrected chi connectivity index (χ3v) is 4.37. The summed E-state index contributed by atoms with van der Waals surface area (Å²) < 4.78 is 38.7. The van der Waals surface area contributed by atoms with Crippen LogP contribution in [0.25, 0.3) is 22.8 Å². The van der Waals surface area contributed by atoms with Crippen molar-refractivity contribution >= 4 is 5.82 Å². The molecule has 4 rings (SSSR count). The summed E-state index contributed by atoms with van der Waals surface area (Å²) in [6.45, 7) is 0.467. The van der Waals surface area contributed by atoms with Crippen molar-refractivity contribution in [3.05, 3.63) is 90.1 Å². The molecular weight excluding hydrogens is 391 g/mol. The lowest BCUT2D eigenvalue weighted by Crippen LogP contribution is -2.08. The first-order valence-corrected chi connectivity index (χ1v) is 9.12. The summed E-state index contributed by atoms with van der Waals surface area (Å²) in [7, 11) is 0. The Kier molecular flexibility index (Phi) is 5.38. The second-order valence-electron chi connectivity index (χ2n) is 6.46. The normalized spacial score (nSPS) is 11.3. The first-order chi connectivity index (χ1) is 14.5. The van der Waals surface area contributed by atoms with Gasteiger partial charge in [0.2, 0.25) is 5.82 Å². The molecule has 2 heterocycles. The van der Waals surface area contributed by atoms with Crippen LogP contribution in [0.4, 0.5) is 19.0 Å². The van der Waals surface area contributed by atoms with Gasteiger partial charge in [-0.2, -0.15) is 13.2 Å². The van der Waals surface area contributed by atoms with Gasteiger partial charge in [-0.1, -0.05) is 48.5 Å². The Morgan fingerprint density at radius 1 is 0.800 bits per heavy atom. The van der Waals surface area contributed by atoms with Gasteiger partial charge in [-0.25, -0.2) is 4.98 Å². The summed E-state index contributed by atoms with van der Waals surface area (Å²) >= 11 is 0. The Morgan fingerprint density at radius 3 is 2.20 bits per heavy atom. The van der Waals surface area contributed by atoms with Gasteiger partial charge in [0.05, 0.1) is 5.56 Å². The number of alkyl halides is 3. The van der Waals surface area contributed by atoms with Gasteiger partial charge in [-0.3, -0.25) is 4.98 Å². The van der Waals surface area contributed by atoms with Crippen LogP contribution in [-0.4, -0.2) is 20.2 Å². The molecule has 0 amide bonds. The zero-order valence-electron chi connectivity index (χ0n) is 15.6. The highest BCUT2D eigenvalue weighted by molar-refractivity contribution is 5.72. The van der Waals surface area contributed by atoms with E-state index in [-0.39, 0.29) is 0 Å². The van der Waals surface area contributed by atoms with Gasteiger partial charge in [0.1, 0.15) is 11.4 Å². The monoisotopic (exact) mass is 407 g/mol. The molecule has 0 fully saturated rings. The van der Waals surface area contributed by atoms with Crippen molar-refractivity contribution in [2.45, 2.75) is 12.7 Å². The van der Waals surface area contributed by atoms with Crippen LogP contribution in [0.2, 0.25) is 0 Å². The van der Waals surface area contributed by atoms with Crippen LogP contribution in [0.5, 0.6) is 0 Å². The van der Waals surface area contributed by atoms with Crippen molar-refractivity contribution in [2.75, 3.05) is 5.32 Å². The minimum absolute atomic E-state index is 0.321. The van der Waals surface area contributed by atoms with Crippen LogP contribution in [0.15, 0.2) is 79.0 Å². The smallest absolute Gasteiger partial charge is 0.364 e. The number of aromatic nitrogens is 4. The van der Waals surface area contributed by atoms with Gasteiger partial charge in [0.25, 0.3) is 0 Å². The van der Waals surface area contributed by atoms with Crippen molar-refractivity contribution < 1.29 is 13.2 Å². The number of hydrogen-bond donors (Lipinski definition) is 1. The van der Waals surface area contributed by atoms with Crippen LogP contribution < -0.4 is 5.32 Å². The van der Waals surface area contributed by atoms with Crippen molar-refractivity contribution in [2.24, 2.45) is 0 Å². The first-order valence-electron chi connectivity index (χ1n) is 9.12. The van der Waals surface area contributed by atoms with Gasteiger partial charge in [-0.05, 0) is 29.8 Å². The van der Waals surface area contributed by atoms with E-state index in [4.69, 9.17) is 0 Å². The lowest BCUT2D eigenvalue weighted by molar-refractivity contribution is -0.137. The SMILES string of the molecule is FC(F)(F)c1ccc(-c2nnc(-c3ccccn3)nc2NCc2ccccc2)cc1. The third-order valence-electron chi connectivity index (χ3n) is 4.37. The molecular formula is C22H16F3N5. The number of pyridine rings is 1. The van der Waals surface area contributed by atoms with Crippen LogP contribution in [-0.2, 0) is 12.7 Å². The molecule has 4 aromatic rings. The minimum atomic E-state index is -4.40. The van der Waals surface area contributed by atoms with Gasteiger partial charge >= 0.3 is 6.18 Å². The number of nitrogens with one attached hydrogen (secondary N) is 1. The highest BCUT2D eigenvalue weighted by atomic mass is 19.4. The molecule has 0 aliphatic heterocycles. The largest absolute Gasteiger partial charge is 0.416 e. The van der Waals surface area contributed by atoms with Gasteiger partial charge < -0.3 is 5.32 Å². The van der Waals surface area contributed by atoms with E-state index in [2.05, 4.69) is 25.5 Å². The minimum Gasteiger partial charge on any atom is -0.364 e. The molecule has 2 aromatic carbocycles. The highest BCUT2D eigenvalue weighted by Crippen LogP contribution is 2.32. The second kappa shape index (κ2) is 8.28. The van der Waals surface area contributed by atoms with E-state index in [1.54, 1.807) is 18.3 Å². The third kappa shape index (κ3) is 4.43. The van der Waals surface area contributed by atoms with E-state index in [0.717, 1.165) is 17.7 Å². The Morgan fingerprint density at radius 2 is 1.53 bits per heavy atom. The van der Waals surface area contributed by atoms with Crippen molar-refractivity contribution in [1.82, 2.24) is 20.2 Å². The maximum Gasteiger partial charge on any atom is 0.416 e. The van der Waals surface area contributed by atoms with E-state index in [0.29, 0.717) is 35.1 Å². The van der Waals surface area contributed by atoms with Gasteiger partial charge in [-0.15, -0.1) is 10.2 Å². The number of halogens is 3. The lowest BCUT2D eigenvalue weighted by atomic mass is 10.1. The number of anilines is 1. The van der Waals surface area contributed by atoms with E-state index in [1.165, 1.54) is 12.1 Å². The average Bonchev–Trinajstić information content (AvgIpc) is 2.78. The fourth-order valence-corrected chi connectivity index (χ4v) is 2.85. The number of benzene rings is 2. The Balaban J connectivity index is 1.71. The quantitative estimate of drug-likeness (QED) is 0.491. The Bertz CT molecular complexity index is 1120. The molecule has 30 heavy (non-hydrogen) atoms. The molecule has 0 radical (unpaired) electrons. The molecule has 0 aliphatic rings. The zero-order valence-corrected chi connectivity index (χ0v) is 15.6. The fraction of sp³-hybridized carbons (Fsp3) is 0.0909. The molecule has 1 N–H and O–H groups in total. The average molecular weight is 407 g/mol. The summed E-state index contributed by atoms with van der Waals surface area (Å²) in [5.41, 5.74) is 1.68. The molecule has 150 valence electrons. The van der Waals surface area contributed by atoms with E-state index >= 15 is 0 Å². The molecule has 0 bridgehead atoms. The van der Waals surface area contributed by atoms with E-state index in [1.807, 2.05) is 36.4 Å². The van der Waals surface area contributed by atoms with Crippen LogP contribution in [0.1, 0.15) is 11.1 Å². The molecule has 5 nitrogen and oxygen atoms in total. The van der Waals surface area contributed by atoms with Crippen molar-refractivity contribution in [1.29, 1.82) is 0 Å². The molecule has 0 spiro atoms. The molecule has 0 saturated heterocycles. The van der Waals surface area contributed by atoms with Gasteiger partial charge in [0, 0.05) is 18.3 Å². The van der Waals surface area contributed by atoms with Crippen molar-refractivity contribution in [3.63, 3.8) is 0 Å². The number of hydrogen-bond acceptors (Lipinski definition) is 5. The van der Waals surface area contributed by atoms with Crippen LogP contribution >= 0.6 is 0 Å². The standard InChI is InChI=1S/C22H16F3N5/c23-22(24,25)17-11-9-16(10-12-17)19-21(27-14-15-6-2-1-3-7-15)28-20(30-29-19)18-8-4-5-13-26-18/h1-13H,14H2,(H,27,28,30). The molecule has 2 aromatic heterocycles. The first kappa shape index (κ1) is 19.5. The molecule has 0 atom stereocenters. The summed E-state index contributed by atoms with van der Waals surface area (Å²) in [6.07, 6.45) is -2.78. The summed E-state index contributed by atoms with van der Waals surface area (Å²) in [4.78, 5) is 8.77. The highest BCUT2D eigenvalue weighted by Gasteiger charge is 2.30. The predicted molar refractivity (Wildman–Crippen MR) is 107 cm³/mol. The molecule has 8 heteroatoms. The van der Waals surface area contributed by atoms with Crippen LogP contribution in [0.3, 0.4) is 0 Å². The van der Waals surface area contributed by atoms with Crippen molar-refractivity contribution in [3.8, 4) is 22.8 Å². The van der Waals surface area contributed by atoms with Crippen LogP contribution in [0, 0.1) is 0 Å². The maximum atomic E-state index is 12.9. The molecule has 0 aliphatic carbocycles. The maximum absolute atomic E-state index is 12.9. The topological polar surface area (TPSA) is 63.6 Å². The summed E-state index contributed by atoms with van der Waals surface area (Å²) in [5.74, 6) is 0.732. The number of nitrogens with zero attached hydrogens (tertiary/aromatic N) is 4. The summed E-state index contributed by atoms with van der Waals surface area (Å²) in [6, 6.07) is 19.8. The van der Waals surface area contributed by atoms with E-state index < -0.39 is 11.7 Å². The van der Waals surface area contributed by atoms with E-state index in [9.17, 15) is 13.2 Å². The predicted octanol–water partition coefficient (Wildman–Crippen LogP) is 5.23. The van der Waals surface area contributed by atoms with Gasteiger partial charge in [0.15, 0.2) is 5.82 Å². The Labute approximate surface area is 170 Å². The number of rotatable bonds is 5. The second-order valence-corrected chi connectivity index (χ2v) is 6.46. The zero-order chi connectivity index (χ0) is 21.0. The Hall–Kier alpha value is -3.81. The molecule has 0 saturated carbocycles.